The number of piperidine rings is 1. The van der Waals surface area contributed by atoms with Crippen molar-refractivity contribution in [3.8, 4) is 17.0 Å². The van der Waals surface area contributed by atoms with Crippen LogP contribution in [0.4, 0.5) is 0 Å². The zero-order valence-corrected chi connectivity index (χ0v) is 12.1. The topological polar surface area (TPSA) is 47.0 Å². The molecule has 3 atom stereocenters. The van der Waals surface area contributed by atoms with Crippen molar-refractivity contribution in [2.75, 3.05) is 19.7 Å². The Kier molecular flexibility index (Phi) is 2.93. The molecule has 4 rings (SSSR count). The van der Waals surface area contributed by atoms with Gasteiger partial charge in [0.2, 0.25) is 0 Å². The van der Waals surface area contributed by atoms with Crippen LogP contribution >= 0.6 is 0 Å². The molecule has 3 heterocycles. The molecule has 0 amide bonds. The average Bonchev–Trinajstić information content (AvgIpc) is 2.88. The van der Waals surface area contributed by atoms with E-state index in [9.17, 15) is 0 Å². The summed E-state index contributed by atoms with van der Waals surface area (Å²) in [6, 6.07) is 7.91. The van der Waals surface area contributed by atoms with E-state index in [2.05, 4.69) is 22.2 Å². The molecule has 0 radical (unpaired) electrons. The molecule has 2 fully saturated rings. The first kappa shape index (κ1) is 12.8. The molecular weight excluding hydrogens is 262 g/mol. The summed E-state index contributed by atoms with van der Waals surface area (Å²) in [4.78, 5) is 8.57. The lowest BCUT2D eigenvalue weighted by atomic mass is 10.1. The molecule has 4 nitrogen and oxygen atoms in total. The third kappa shape index (κ3) is 2.20. The van der Waals surface area contributed by atoms with Crippen molar-refractivity contribution in [2.24, 2.45) is 17.3 Å². The minimum Gasteiger partial charge on any atom is -0.492 e. The number of rotatable bonds is 4. The molecule has 0 aromatic carbocycles. The number of ether oxygens (including phenoxy) is 1. The maximum Gasteiger partial charge on any atom is 0.137 e. The molecular formula is C17H19N3O. The zero-order valence-electron chi connectivity index (χ0n) is 12.1. The van der Waals surface area contributed by atoms with E-state index in [4.69, 9.17) is 4.74 Å². The lowest BCUT2D eigenvalue weighted by Gasteiger charge is -2.11. The van der Waals surface area contributed by atoms with Crippen molar-refractivity contribution in [1.29, 1.82) is 0 Å². The van der Waals surface area contributed by atoms with Crippen molar-refractivity contribution in [3.63, 3.8) is 0 Å². The van der Waals surface area contributed by atoms with Crippen molar-refractivity contribution >= 4 is 0 Å². The highest BCUT2D eigenvalue weighted by Crippen LogP contribution is 2.60. The van der Waals surface area contributed by atoms with Gasteiger partial charge in [-0.05, 0) is 42.1 Å². The summed E-state index contributed by atoms with van der Waals surface area (Å²) < 4.78 is 5.92. The Morgan fingerprint density at radius 2 is 2.29 bits per heavy atom. The normalized spacial score (nSPS) is 30.0. The first-order chi connectivity index (χ1) is 10.3. The Labute approximate surface area is 124 Å². The van der Waals surface area contributed by atoms with Crippen LogP contribution in [0.15, 0.2) is 42.9 Å². The van der Waals surface area contributed by atoms with Crippen molar-refractivity contribution in [3.05, 3.63) is 42.9 Å². The fourth-order valence-corrected chi connectivity index (χ4v) is 3.54. The summed E-state index contributed by atoms with van der Waals surface area (Å²) in [5.41, 5.74) is 2.41. The lowest BCUT2D eigenvalue weighted by molar-refractivity contribution is 0.266. The molecule has 2 aromatic heterocycles. The maximum absolute atomic E-state index is 5.92. The number of nitrogens with one attached hydrogen (secondary N) is 1. The standard InChI is InChI=1S/C17H19N3O/c1-17-11-19-9-14(17)15(17)10-21-13-4-5-16(20-8-13)12-3-2-6-18-7-12/h2-8,14-15,19H,9-11H2,1H3. The lowest BCUT2D eigenvalue weighted by Crippen LogP contribution is -2.21. The van der Waals surface area contributed by atoms with E-state index in [1.54, 1.807) is 12.4 Å². The summed E-state index contributed by atoms with van der Waals surface area (Å²) in [5, 5.41) is 3.44. The number of pyridine rings is 2. The Balaban J connectivity index is 1.39. The molecule has 2 aromatic rings. The van der Waals surface area contributed by atoms with Crippen LogP contribution in [-0.4, -0.2) is 29.7 Å². The van der Waals surface area contributed by atoms with Gasteiger partial charge in [-0.15, -0.1) is 0 Å². The maximum atomic E-state index is 5.92. The van der Waals surface area contributed by atoms with Gasteiger partial charge in [0.05, 0.1) is 18.5 Å². The summed E-state index contributed by atoms with van der Waals surface area (Å²) in [5.74, 6) is 2.33. The van der Waals surface area contributed by atoms with E-state index < -0.39 is 0 Å². The van der Waals surface area contributed by atoms with Gasteiger partial charge in [-0.2, -0.15) is 0 Å². The van der Waals surface area contributed by atoms with Crippen molar-refractivity contribution < 1.29 is 4.74 Å². The van der Waals surface area contributed by atoms with E-state index in [0.29, 0.717) is 11.3 Å². The first-order valence-corrected chi connectivity index (χ1v) is 7.47. The monoisotopic (exact) mass is 281 g/mol. The molecule has 21 heavy (non-hydrogen) atoms. The third-order valence-electron chi connectivity index (χ3n) is 5.06. The van der Waals surface area contributed by atoms with Gasteiger partial charge in [-0.25, -0.2) is 0 Å². The Morgan fingerprint density at radius 1 is 1.33 bits per heavy atom. The third-order valence-corrected chi connectivity index (χ3v) is 5.06. The average molecular weight is 281 g/mol. The summed E-state index contributed by atoms with van der Waals surface area (Å²) in [6.07, 6.45) is 5.39. The number of hydrogen-bond donors (Lipinski definition) is 1. The van der Waals surface area contributed by atoms with Crippen LogP contribution in [0.5, 0.6) is 5.75 Å². The molecule has 108 valence electrons. The van der Waals surface area contributed by atoms with Crippen LogP contribution in [-0.2, 0) is 0 Å². The molecule has 2 aliphatic rings. The van der Waals surface area contributed by atoms with Gasteiger partial charge in [0.1, 0.15) is 5.75 Å². The molecule has 1 saturated heterocycles. The van der Waals surface area contributed by atoms with Gasteiger partial charge in [0, 0.05) is 30.4 Å². The molecule has 4 heteroatoms. The van der Waals surface area contributed by atoms with Crippen LogP contribution < -0.4 is 10.1 Å². The highest BCUT2D eigenvalue weighted by molar-refractivity contribution is 5.57. The van der Waals surface area contributed by atoms with E-state index in [1.807, 2.05) is 30.5 Å². The van der Waals surface area contributed by atoms with Crippen LogP contribution in [0.25, 0.3) is 11.3 Å². The largest absolute Gasteiger partial charge is 0.492 e. The SMILES string of the molecule is CC12CNCC1C2COc1ccc(-c2cccnc2)nc1. The summed E-state index contributed by atoms with van der Waals surface area (Å²) >= 11 is 0. The van der Waals surface area contributed by atoms with Gasteiger partial charge in [0.15, 0.2) is 0 Å². The summed E-state index contributed by atoms with van der Waals surface area (Å²) in [7, 11) is 0. The van der Waals surface area contributed by atoms with Gasteiger partial charge in [-0.1, -0.05) is 6.92 Å². The summed E-state index contributed by atoms with van der Waals surface area (Å²) in [6.45, 7) is 5.43. The minimum absolute atomic E-state index is 0.461. The highest BCUT2D eigenvalue weighted by Gasteiger charge is 2.63. The van der Waals surface area contributed by atoms with E-state index in [1.165, 1.54) is 0 Å². The predicted molar refractivity (Wildman–Crippen MR) is 80.9 cm³/mol. The van der Waals surface area contributed by atoms with Crippen molar-refractivity contribution in [2.45, 2.75) is 6.92 Å². The van der Waals surface area contributed by atoms with Crippen molar-refractivity contribution in [1.82, 2.24) is 15.3 Å². The van der Waals surface area contributed by atoms with Crippen LogP contribution in [0.1, 0.15) is 6.92 Å². The second-order valence-electron chi connectivity index (χ2n) is 6.28. The zero-order chi connectivity index (χ0) is 14.3. The number of hydrogen-bond acceptors (Lipinski definition) is 4. The minimum atomic E-state index is 0.461. The second kappa shape index (κ2) is 4.81. The fraction of sp³-hybridized carbons (Fsp3) is 0.412. The number of fused-ring (bicyclic) bond motifs is 1. The van der Waals surface area contributed by atoms with Crippen LogP contribution in [0.3, 0.4) is 0 Å². The molecule has 3 unspecified atom stereocenters. The van der Waals surface area contributed by atoms with Crippen LogP contribution in [0, 0.1) is 17.3 Å². The Bertz CT molecular complexity index is 628. The van der Waals surface area contributed by atoms with Crippen LogP contribution in [0.2, 0.25) is 0 Å². The Hall–Kier alpha value is -1.94. The number of nitrogens with zero attached hydrogens (tertiary/aromatic N) is 2. The first-order valence-electron chi connectivity index (χ1n) is 7.47. The van der Waals surface area contributed by atoms with E-state index in [0.717, 1.165) is 42.6 Å². The smallest absolute Gasteiger partial charge is 0.137 e. The number of aromatic nitrogens is 2. The molecule has 1 aliphatic heterocycles. The second-order valence-corrected chi connectivity index (χ2v) is 6.28. The van der Waals surface area contributed by atoms with E-state index >= 15 is 0 Å². The molecule has 1 saturated carbocycles. The molecule has 0 spiro atoms. The van der Waals surface area contributed by atoms with Gasteiger partial charge < -0.3 is 10.1 Å². The van der Waals surface area contributed by atoms with Gasteiger partial charge in [0.25, 0.3) is 0 Å². The molecule has 0 bridgehead atoms. The fourth-order valence-electron chi connectivity index (χ4n) is 3.54. The van der Waals surface area contributed by atoms with E-state index in [-0.39, 0.29) is 0 Å². The Morgan fingerprint density at radius 3 is 2.95 bits per heavy atom. The van der Waals surface area contributed by atoms with Gasteiger partial charge in [-0.3, -0.25) is 9.97 Å². The molecule has 1 aliphatic carbocycles. The quantitative estimate of drug-likeness (QED) is 0.934. The predicted octanol–water partition coefficient (Wildman–Crippen LogP) is 2.38. The highest BCUT2D eigenvalue weighted by atomic mass is 16.5. The molecule has 1 N–H and O–H groups in total. The van der Waals surface area contributed by atoms with Gasteiger partial charge >= 0.3 is 0 Å².